The van der Waals surface area contributed by atoms with Crippen LogP contribution in [0.15, 0.2) is 0 Å². The SMILES string of the molecule is CCOC(CCOCCOCCCCN)OCC. The molecule has 0 aromatic heterocycles. The van der Waals surface area contributed by atoms with E-state index < -0.39 is 0 Å². The summed E-state index contributed by atoms with van der Waals surface area (Å²) in [6.45, 7) is 8.63. The minimum Gasteiger partial charge on any atom is -0.379 e. The Morgan fingerprint density at radius 2 is 1.44 bits per heavy atom. The van der Waals surface area contributed by atoms with Gasteiger partial charge < -0.3 is 24.7 Å². The molecule has 5 nitrogen and oxygen atoms in total. The quantitative estimate of drug-likeness (QED) is 0.380. The highest BCUT2D eigenvalue weighted by molar-refractivity contribution is 4.45. The molecule has 0 radical (unpaired) electrons. The molecule has 0 aliphatic rings. The van der Waals surface area contributed by atoms with E-state index >= 15 is 0 Å². The molecule has 0 atom stereocenters. The van der Waals surface area contributed by atoms with Crippen LogP contribution < -0.4 is 5.73 Å². The van der Waals surface area contributed by atoms with Gasteiger partial charge in [0.1, 0.15) is 0 Å². The maximum atomic E-state index is 5.45. The molecule has 0 saturated carbocycles. The van der Waals surface area contributed by atoms with Crippen molar-refractivity contribution in [2.24, 2.45) is 5.73 Å². The van der Waals surface area contributed by atoms with Gasteiger partial charge in [-0.05, 0) is 33.2 Å². The molecule has 2 N–H and O–H groups in total. The highest BCUT2D eigenvalue weighted by Crippen LogP contribution is 2.01. The second kappa shape index (κ2) is 14.9. The van der Waals surface area contributed by atoms with Crippen LogP contribution in [0.4, 0.5) is 0 Å². The van der Waals surface area contributed by atoms with Crippen LogP contribution in [0.1, 0.15) is 33.1 Å². The van der Waals surface area contributed by atoms with E-state index in [1.54, 1.807) is 0 Å². The molecule has 0 aromatic rings. The summed E-state index contributed by atoms with van der Waals surface area (Å²) in [5.41, 5.74) is 5.38. The topological polar surface area (TPSA) is 62.9 Å². The number of ether oxygens (including phenoxy) is 4. The molecule has 110 valence electrons. The normalized spacial score (nSPS) is 11.3. The first-order chi connectivity index (χ1) is 8.85. The summed E-state index contributed by atoms with van der Waals surface area (Å²) in [5.74, 6) is 0. The highest BCUT2D eigenvalue weighted by Gasteiger charge is 2.06. The standard InChI is InChI=1S/C13H29NO4/c1-3-17-13(18-4-2)7-10-16-12-11-15-9-6-5-8-14/h13H,3-12,14H2,1-2H3. The summed E-state index contributed by atoms with van der Waals surface area (Å²) in [7, 11) is 0. The zero-order valence-electron chi connectivity index (χ0n) is 11.9. The van der Waals surface area contributed by atoms with E-state index in [1.807, 2.05) is 13.8 Å². The lowest BCUT2D eigenvalue weighted by Crippen LogP contribution is -2.20. The van der Waals surface area contributed by atoms with Crippen LogP contribution in [0.3, 0.4) is 0 Å². The van der Waals surface area contributed by atoms with E-state index in [9.17, 15) is 0 Å². The average molecular weight is 263 g/mol. The van der Waals surface area contributed by atoms with E-state index in [-0.39, 0.29) is 6.29 Å². The molecule has 0 unspecified atom stereocenters. The minimum atomic E-state index is -0.148. The zero-order chi connectivity index (χ0) is 13.5. The Morgan fingerprint density at radius 1 is 0.833 bits per heavy atom. The predicted octanol–water partition coefficient (Wildman–Crippen LogP) is 1.55. The van der Waals surface area contributed by atoms with Crippen molar-refractivity contribution in [3.63, 3.8) is 0 Å². The number of nitrogens with two attached hydrogens (primary N) is 1. The first kappa shape index (κ1) is 17.8. The number of rotatable bonds is 14. The molecule has 0 rings (SSSR count). The second-order valence-electron chi connectivity index (χ2n) is 3.85. The van der Waals surface area contributed by atoms with Crippen molar-refractivity contribution in [2.45, 2.75) is 39.4 Å². The molecular weight excluding hydrogens is 234 g/mol. The third-order valence-electron chi connectivity index (χ3n) is 2.32. The zero-order valence-corrected chi connectivity index (χ0v) is 11.9. The van der Waals surface area contributed by atoms with Crippen LogP contribution in [-0.4, -0.2) is 52.5 Å². The summed E-state index contributed by atoms with van der Waals surface area (Å²) >= 11 is 0. The molecule has 0 saturated heterocycles. The first-order valence-electron chi connectivity index (χ1n) is 6.93. The van der Waals surface area contributed by atoms with Gasteiger partial charge in [0.25, 0.3) is 0 Å². The molecule has 0 fully saturated rings. The molecule has 0 aliphatic carbocycles. The summed E-state index contributed by atoms with van der Waals surface area (Å²) in [6.07, 6.45) is 2.65. The van der Waals surface area contributed by atoms with Crippen LogP contribution in [0.25, 0.3) is 0 Å². The van der Waals surface area contributed by atoms with Crippen LogP contribution in [0.2, 0.25) is 0 Å². The molecule has 18 heavy (non-hydrogen) atoms. The smallest absolute Gasteiger partial charge is 0.159 e. The highest BCUT2D eigenvalue weighted by atomic mass is 16.7. The maximum absolute atomic E-state index is 5.45. The fourth-order valence-electron chi connectivity index (χ4n) is 1.44. The minimum absolute atomic E-state index is 0.148. The predicted molar refractivity (Wildman–Crippen MR) is 71.6 cm³/mol. The monoisotopic (exact) mass is 263 g/mol. The van der Waals surface area contributed by atoms with E-state index in [2.05, 4.69) is 0 Å². The first-order valence-corrected chi connectivity index (χ1v) is 6.93. The van der Waals surface area contributed by atoms with Crippen LogP contribution >= 0.6 is 0 Å². The van der Waals surface area contributed by atoms with Gasteiger partial charge in [-0.3, -0.25) is 0 Å². The maximum Gasteiger partial charge on any atom is 0.159 e. The van der Waals surface area contributed by atoms with Crippen molar-refractivity contribution in [1.82, 2.24) is 0 Å². The van der Waals surface area contributed by atoms with Crippen molar-refractivity contribution in [1.29, 1.82) is 0 Å². The number of unbranched alkanes of at least 4 members (excludes halogenated alkanes) is 1. The lowest BCUT2D eigenvalue weighted by atomic mass is 10.3. The molecule has 0 bridgehead atoms. The van der Waals surface area contributed by atoms with Crippen molar-refractivity contribution in [3.05, 3.63) is 0 Å². The van der Waals surface area contributed by atoms with Crippen molar-refractivity contribution < 1.29 is 18.9 Å². The lowest BCUT2D eigenvalue weighted by molar-refractivity contribution is -0.147. The van der Waals surface area contributed by atoms with Crippen molar-refractivity contribution >= 4 is 0 Å². The molecule has 0 aromatic carbocycles. The van der Waals surface area contributed by atoms with Crippen molar-refractivity contribution in [2.75, 3.05) is 46.2 Å². The number of hydrogen-bond donors (Lipinski definition) is 1. The van der Waals surface area contributed by atoms with Crippen LogP contribution in [0, 0.1) is 0 Å². The van der Waals surface area contributed by atoms with Gasteiger partial charge in [-0.15, -0.1) is 0 Å². The van der Waals surface area contributed by atoms with E-state index in [0.29, 0.717) is 33.0 Å². The fourth-order valence-corrected chi connectivity index (χ4v) is 1.44. The van der Waals surface area contributed by atoms with Gasteiger partial charge in [-0.2, -0.15) is 0 Å². The second-order valence-corrected chi connectivity index (χ2v) is 3.85. The van der Waals surface area contributed by atoms with Gasteiger partial charge in [0.15, 0.2) is 6.29 Å². The largest absolute Gasteiger partial charge is 0.379 e. The Balaban J connectivity index is 3.21. The summed E-state index contributed by atoms with van der Waals surface area (Å²) in [6, 6.07) is 0. The fraction of sp³-hybridized carbons (Fsp3) is 1.00. The molecular formula is C13H29NO4. The van der Waals surface area contributed by atoms with Gasteiger partial charge in [0.05, 0.1) is 19.8 Å². The molecule has 0 heterocycles. The van der Waals surface area contributed by atoms with Gasteiger partial charge in [-0.25, -0.2) is 0 Å². The molecule has 0 aliphatic heterocycles. The molecule has 0 spiro atoms. The summed E-state index contributed by atoms with van der Waals surface area (Å²) in [4.78, 5) is 0. The van der Waals surface area contributed by atoms with Crippen LogP contribution in [-0.2, 0) is 18.9 Å². The number of hydrogen-bond acceptors (Lipinski definition) is 5. The van der Waals surface area contributed by atoms with E-state index in [0.717, 1.165) is 32.4 Å². The third kappa shape index (κ3) is 12.3. The Hall–Kier alpha value is -0.200. The summed E-state index contributed by atoms with van der Waals surface area (Å²) in [5, 5.41) is 0. The van der Waals surface area contributed by atoms with E-state index in [1.165, 1.54) is 0 Å². The Morgan fingerprint density at radius 3 is 2.00 bits per heavy atom. The molecule has 0 amide bonds. The average Bonchev–Trinajstić information content (AvgIpc) is 2.37. The lowest BCUT2D eigenvalue weighted by Gasteiger charge is -2.16. The Bertz CT molecular complexity index is 152. The van der Waals surface area contributed by atoms with Gasteiger partial charge in [-0.1, -0.05) is 0 Å². The summed E-state index contributed by atoms with van der Waals surface area (Å²) < 4.78 is 21.7. The van der Waals surface area contributed by atoms with E-state index in [4.69, 9.17) is 24.7 Å². The Labute approximate surface area is 111 Å². The Kier molecular flexibility index (Phi) is 14.7. The van der Waals surface area contributed by atoms with Crippen molar-refractivity contribution in [3.8, 4) is 0 Å². The van der Waals surface area contributed by atoms with Gasteiger partial charge in [0, 0.05) is 26.2 Å². The molecule has 5 heteroatoms. The van der Waals surface area contributed by atoms with Gasteiger partial charge >= 0.3 is 0 Å². The van der Waals surface area contributed by atoms with Gasteiger partial charge in [0.2, 0.25) is 0 Å². The van der Waals surface area contributed by atoms with Crippen LogP contribution in [0.5, 0.6) is 0 Å². The third-order valence-corrected chi connectivity index (χ3v) is 2.32.